The fourth-order valence-electron chi connectivity index (χ4n) is 1.95. The molecule has 2 rings (SSSR count). The highest BCUT2D eigenvalue weighted by atomic mass is 35.5. The third-order valence-electron chi connectivity index (χ3n) is 2.84. The van der Waals surface area contributed by atoms with Crippen LogP contribution < -0.4 is 0 Å². The van der Waals surface area contributed by atoms with Crippen LogP contribution in [-0.4, -0.2) is 11.1 Å². The minimum atomic E-state index is -4.51. The van der Waals surface area contributed by atoms with Gasteiger partial charge < -0.3 is 5.11 Å². The predicted molar refractivity (Wildman–Crippen MR) is 54.9 cm³/mol. The molecule has 0 aliphatic heterocycles. The van der Waals surface area contributed by atoms with Crippen LogP contribution >= 0.6 is 11.6 Å². The number of alkyl halides is 3. The molecular weight excluding hydrogens is 257 g/mol. The highest BCUT2D eigenvalue weighted by molar-refractivity contribution is 6.31. The zero-order chi connectivity index (χ0) is 12.8. The standard InChI is InChI=1S/C11H8ClF3O2/c12-8-3-1-2-7(11(13,14)15)9(8)5-4-6(5)10(16)17/h1-3,5-6H,4H2,(H,16,17). The van der Waals surface area contributed by atoms with Crippen LogP contribution in [0.15, 0.2) is 18.2 Å². The molecule has 1 aliphatic rings. The molecule has 0 saturated heterocycles. The number of hydrogen-bond acceptors (Lipinski definition) is 1. The highest BCUT2D eigenvalue weighted by Gasteiger charge is 2.49. The van der Waals surface area contributed by atoms with Crippen molar-refractivity contribution in [2.75, 3.05) is 0 Å². The zero-order valence-corrected chi connectivity index (χ0v) is 9.22. The van der Waals surface area contributed by atoms with E-state index in [0.717, 1.165) is 6.07 Å². The lowest BCUT2D eigenvalue weighted by atomic mass is 10.0. The number of aliphatic carboxylic acids is 1. The monoisotopic (exact) mass is 264 g/mol. The quantitative estimate of drug-likeness (QED) is 0.887. The molecule has 1 fully saturated rings. The van der Waals surface area contributed by atoms with E-state index in [1.807, 2.05) is 0 Å². The molecule has 1 aromatic rings. The van der Waals surface area contributed by atoms with Crippen LogP contribution in [0.3, 0.4) is 0 Å². The Balaban J connectivity index is 2.43. The van der Waals surface area contributed by atoms with Crippen molar-refractivity contribution in [1.29, 1.82) is 0 Å². The maximum Gasteiger partial charge on any atom is 0.416 e. The molecule has 1 saturated carbocycles. The first-order chi connectivity index (χ1) is 7.82. The Morgan fingerprint density at radius 1 is 1.41 bits per heavy atom. The molecule has 0 radical (unpaired) electrons. The van der Waals surface area contributed by atoms with Crippen molar-refractivity contribution >= 4 is 17.6 Å². The summed E-state index contributed by atoms with van der Waals surface area (Å²) in [5, 5.41) is 8.73. The zero-order valence-electron chi connectivity index (χ0n) is 8.46. The molecule has 1 N–H and O–H groups in total. The van der Waals surface area contributed by atoms with Crippen molar-refractivity contribution in [1.82, 2.24) is 0 Å². The van der Waals surface area contributed by atoms with Crippen LogP contribution in [0.5, 0.6) is 0 Å². The van der Waals surface area contributed by atoms with Gasteiger partial charge in [-0.1, -0.05) is 17.7 Å². The third-order valence-corrected chi connectivity index (χ3v) is 3.17. The molecule has 0 aromatic heterocycles. The molecule has 2 unspecified atom stereocenters. The maximum absolute atomic E-state index is 12.7. The normalized spacial score (nSPS) is 23.5. The van der Waals surface area contributed by atoms with Gasteiger partial charge >= 0.3 is 12.1 Å². The lowest BCUT2D eigenvalue weighted by Crippen LogP contribution is -2.10. The van der Waals surface area contributed by atoms with Crippen molar-refractivity contribution in [2.45, 2.75) is 18.5 Å². The van der Waals surface area contributed by atoms with Gasteiger partial charge in [0.2, 0.25) is 0 Å². The summed E-state index contributed by atoms with van der Waals surface area (Å²) in [5.41, 5.74) is -0.923. The summed E-state index contributed by atoms with van der Waals surface area (Å²) in [6, 6.07) is 3.49. The number of halogens is 4. The van der Waals surface area contributed by atoms with Gasteiger partial charge in [-0.05, 0) is 24.1 Å². The fourth-order valence-corrected chi connectivity index (χ4v) is 2.26. The lowest BCUT2D eigenvalue weighted by Gasteiger charge is -2.13. The van der Waals surface area contributed by atoms with Gasteiger partial charge in [-0.15, -0.1) is 0 Å². The maximum atomic E-state index is 12.7. The Labute approximate surface area is 100 Å². The van der Waals surface area contributed by atoms with Gasteiger partial charge in [0.25, 0.3) is 0 Å². The van der Waals surface area contributed by atoms with E-state index in [0.29, 0.717) is 0 Å². The Kier molecular flexibility index (Phi) is 2.81. The summed E-state index contributed by atoms with van der Waals surface area (Å²) in [6.45, 7) is 0. The van der Waals surface area contributed by atoms with Gasteiger partial charge in [-0.2, -0.15) is 13.2 Å². The lowest BCUT2D eigenvalue weighted by molar-refractivity contribution is -0.140. The van der Waals surface area contributed by atoms with E-state index in [1.54, 1.807) is 0 Å². The second kappa shape index (κ2) is 3.91. The number of benzene rings is 1. The molecule has 2 nitrogen and oxygen atoms in total. The molecule has 17 heavy (non-hydrogen) atoms. The van der Waals surface area contributed by atoms with E-state index in [2.05, 4.69) is 0 Å². The van der Waals surface area contributed by atoms with Crippen molar-refractivity contribution < 1.29 is 23.1 Å². The first-order valence-electron chi connectivity index (χ1n) is 4.90. The van der Waals surface area contributed by atoms with Gasteiger partial charge in [-0.25, -0.2) is 0 Å². The number of carboxylic acid groups (broad SMARTS) is 1. The molecule has 1 aliphatic carbocycles. The van der Waals surface area contributed by atoms with E-state index in [9.17, 15) is 18.0 Å². The van der Waals surface area contributed by atoms with Crippen molar-refractivity contribution in [3.63, 3.8) is 0 Å². The highest BCUT2D eigenvalue weighted by Crippen LogP contribution is 2.53. The summed E-state index contributed by atoms with van der Waals surface area (Å²) in [4.78, 5) is 10.7. The van der Waals surface area contributed by atoms with Crippen molar-refractivity contribution in [3.05, 3.63) is 34.3 Å². The second-order valence-electron chi connectivity index (χ2n) is 3.99. The van der Waals surface area contributed by atoms with Crippen LogP contribution in [0.4, 0.5) is 13.2 Å². The van der Waals surface area contributed by atoms with Crippen LogP contribution in [-0.2, 0) is 11.0 Å². The Morgan fingerprint density at radius 3 is 2.53 bits per heavy atom. The molecule has 0 heterocycles. The van der Waals surface area contributed by atoms with E-state index >= 15 is 0 Å². The molecule has 0 amide bonds. The summed E-state index contributed by atoms with van der Waals surface area (Å²) < 4.78 is 38.2. The largest absolute Gasteiger partial charge is 0.481 e. The molecular formula is C11H8ClF3O2. The van der Waals surface area contributed by atoms with E-state index in [4.69, 9.17) is 16.7 Å². The van der Waals surface area contributed by atoms with Crippen molar-refractivity contribution in [3.8, 4) is 0 Å². The average molecular weight is 265 g/mol. The molecule has 92 valence electrons. The summed E-state index contributed by atoms with van der Waals surface area (Å²) in [7, 11) is 0. The molecule has 0 spiro atoms. The minimum Gasteiger partial charge on any atom is -0.481 e. The average Bonchev–Trinajstić information content (AvgIpc) is 2.95. The van der Waals surface area contributed by atoms with Crippen LogP contribution in [0.25, 0.3) is 0 Å². The number of rotatable bonds is 2. The van der Waals surface area contributed by atoms with Gasteiger partial charge in [0.05, 0.1) is 11.5 Å². The van der Waals surface area contributed by atoms with Gasteiger partial charge in [0.1, 0.15) is 0 Å². The van der Waals surface area contributed by atoms with Gasteiger partial charge in [0, 0.05) is 10.9 Å². The summed E-state index contributed by atoms with van der Waals surface area (Å²) in [5.74, 6) is -2.46. The first-order valence-corrected chi connectivity index (χ1v) is 5.28. The second-order valence-corrected chi connectivity index (χ2v) is 4.39. The Bertz CT molecular complexity index is 470. The van der Waals surface area contributed by atoms with E-state index in [1.165, 1.54) is 12.1 Å². The topological polar surface area (TPSA) is 37.3 Å². The van der Waals surface area contributed by atoms with Crippen LogP contribution in [0.1, 0.15) is 23.5 Å². The van der Waals surface area contributed by atoms with E-state index < -0.39 is 29.5 Å². The molecule has 6 heteroatoms. The first kappa shape index (κ1) is 12.2. The van der Waals surface area contributed by atoms with Gasteiger partial charge in [-0.3, -0.25) is 4.79 Å². The molecule has 2 atom stereocenters. The SMILES string of the molecule is O=C(O)C1CC1c1c(Cl)cccc1C(F)(F)F. The number of hydrogen-bond donors (Lipinski definition) is 1. The Morgan fingerprint density at radius 2 is 2.06 bits per heavy atom. The smallest absolute Gasteiger partial charge is 0.416 e. The fraction of sp³-hybridized carbons (Fsp3) is 0.364. The van der Waals surface area contributed by atoms with Crippen molar-refractivity contribution in [2.24, 2.45) is 5.92 Å². The van der Waals surface area contributed by atoms with Gasteiger partial charge in [0.15, 0.2) is 0 Å². The number of carbonyl (C=O) groups is 1. The Hall–Kier alpha value is -1.23. The number of carboxylic acids is 1. The summed E-state index contributed by atoms with van der Waals surface area (Å²) >= 11 is 5.75. The third kappa shape index (κ3) is 2.24. The van der Waals surface area contributed by atoms with Crippen LogP contribution in [0.2, 0.25) is 5.02 Å². The molecule has 0 bridgehead atoms. The minimum absolute atomic E-state index is 0.0198. The predicted octanol–water partition coefficient (Wildman–Crippen LogP) is 3.55. The molecule has 1 aromatic carbocycles. The summed E-state index contributed by atoms with van der Waals surface area (Å²) in [6.07, 6.45) is -4.30. The van der Waals surface area contributed by atoms with E-state index in [-0.39, 0.29) is 17.0 Å². The van der Waals surface area contributed by atoms with Crippen LogP contribution in [0, 0.1) is 5.92 Å².